The van der Waals surface area contributed by atoms with Gasteiger partial charge >= 0.3 is 0 Å². The second-order valence-corrected chi connectivity index (χ2v) is 3.41. The Labute approximate surface area is 98.8 Å². The normalized spacial score (nSPS) is 9.82. The molecule has 4 N–H and O–H groups in total. The predicted octanol–water partition coefficient (Wildman–Crippen LogP) is 0.0753. The standard InChI is InChI=1S/C10H15N5O2/c1-4-6(16)13-9-5(2)7(10(17)12-3)8(11)14-15-9/h4H2,1-3H3,(H2,11,14)(H,12,17)(H,13,15,16). The molecule has 0 bridgehead atoms. The molecule has 17 heavy (non-hydrogen) atoms. The van der Waals surface area contributed by atoms with Crippen molar-refractivity contribution in [3.8, 4) is 0 Å². The predicted molar refractivity (Wildman–Crippen MR) is 63.5 cm³/mol. The number of rotatable bonds is 3. The molecule has 0 unspecified atom stereocenters. The Morgan fingerprint density at radius 3 is 2.53 bits per heavy atom. The molecule has 0 aromatic carbocycles. The Bertz CT molecular complexity index is 458. The summed E-state index contributed by atoms with van der Waals surface area (Å²) < 4.78 is 0. The molecule has 92 valence electrons. The van der Waals surface area contributed by atoms with Gasteiger partial charge in [0, 0.05) is 19.0 Å². The van der Waals surface area contributed by atoms with Gasteiger partial charge in [0.15, 0.2) is 11.6 Å². The molecular formula is C10H15N5O2. The lowest BCUT2D eigenvalue weighted by molar-refractivity contribution is -0.115. The average molecular weight is 237 g/mol. The highest BCUT2D eigenvalue weighted by Crippen LogP contribution is 2.19. The van der Waals surface area contributed by atoms with E-state index in [0.717, 1.165) is 0 Å². The van der Waals surface area contributed by atoms with Gasteiger partial charge in [-0.1, -0.05) is 6.92 Å². The van der Waals surface area contributed by atoms with Gasteiger partial charge in [0.1, 0.15) is 0 Å². The van der Waals surface area contributed by atoms with Gasteiger partial charge in [0.2, 0.25) is 5.91 Å². The molecule has 1 aromatic heterocycles. The van der Waals surface area contributed by atoms with E-state index >= 15 is 0 Å². The number of anilines is 2. The highest BCUT2D eigenvalue weighted by molar-refractivity contribution is 6.01. The van der Waals surface area contributed by atoms with Crippen molar-refractivity contribution in [1.82, 2.24) is 15.5 Å². The van der Waals surface area contributed by atoms with Crippen molar-refractivity contribution in [2.45, 2.75) is 20.3 Å². The van der Waals surface area contributed by atoms with Gasteiger partial charge in [-0.25, -0.2) is 0 Å². The number of carbonyl (C=O) groups is 2. The van der Waals surface area contributed by atoms with Crippen LogP contribution in [0, 0.1) is 6.92 Å². The quantitative estimate of drug-likeness (QED) is 0.689. The maximum absolute atomic E-state index is 11.6. The van der Waals surface area contributed by atoms with E-state index in [1.165, 1.54) is 7.05 Å². The van der Waals surface area contributed by atoms with Gasteiger partial charge in [-0.15, -0.1) is 10.2 Å². The molecule has 0 spiro atoms. The highest BCUT2D eigenvalue weighted by Gasteiger charge is 2.17. The number of amides is 2. The third-order valence-corrected chi connectivity index (χ3v) is 2.28. The van der Waals surface area contributed by atoms with Crippen LogP contribution in [0.25, 0.3) is 0 Å². The van der Waals surface area contributed by atoms with Crippen LogP contribution in [0.15, 0.2) is 0 Å². The van der Waals surface area contributed by atoms with E-state index in [-0.39, 0.29) is 29.0 Å². The molecule has 7 nitrogen and oxygen atoms in total. The van der Waals surface area contributed by atoms with E-state index in [9.17, 15) is 9.59 Å². The molecular weight excluding hydrogens is 222 g/mol. The van der Waals surface area contributed by atoms with Crippen molar-refractivity contribution in [2.75, 3.05) is 18.1 Å². The van der Waals surface area contributed by atoms with Crippen molar-refractivity contribution in [1.29, 1.82) is 0 Å². The van der Waals surface area contributed by atoms with E-state index in [4.69, 9.17) is 5.73 Å². The van der Waals surface area contributed by atoms with Crippen LogP contribution in [0.4, 0.5) is 11.6 Å². The molecule has 0 radical (unpaired) electrons. The summed E-state index contributed by atoms with van der Waals surface area (Å²) in [5, 5.41) is 12.4. The number of nitrogen functional groups attached to an aromatic ring is 1. The van der Waals surface area contributed by atoms with Crippen LogP contribution in [0.5, 0.6) is 0 Å². The fourth-order valence-electron chi connectivity index (χ4n) is 1.29. The second kappa shape index (κ2) is 5.24. The molecule has 7 heteroatoms. The topological polar surface area (TPSA) is 110 Å². The minimum atomic E-state index is -0.359. The summed E-state index contributed by atoms with van der Waals surface area (Å²) in [6, 6.07) is 0. The van der Waals surface area contributed by atoms with Gasteiger partial charge in [-0.3, -0.25) is 9.59 Å². The van der Waals surface area contributed by atoms with E-state index in [1.807, 2.05) is 0 Å². The molecule has 0 saturated heterocycles. The third kappa shape index (κ3) is 2.68. The maximum Gasteiger partial charge on any atom is 0.255 e. The average Bonchev–Trinajstić information content (AvgIpc) is 2.32. The summed E-state index contributed by atoms with van der Waals surface area (Å²) in [4.78, 5) is 22.8. The van der Waals surface area contributed by atoms with Crippen LogP contribution >= 0.6 is 0 Å². The van der Waals surface area contributed by atoms with Crippen LogP contribution in [0.3, 0.4) is 0 Å². The summed E-state index contributed by atoms with van der Waals surface area (Å²) in [5.41, 5.74) is 6.31. The first-order valence-corrected chi connectivity index (χ1v) is 5.15. The van der Waals surface area contributed by atoms with Gasteiger partial charge in [-0.2, -0.15) is 0 Å². The van der Waals surface area contributed by atoms with Crippen LogP contribution in [-0.4, -0.2) is 29.1 Å². The third-order valence-electron chi connectivity index (χ3n) is 2.28. The molecule has 0 saturated carbocycles. The van der Waals surface area contributed by atoms with E-state index in [1.54, 1.807) is 13.8 Å². The number of nitrogens with one attached hydrogen (secondary N) is 2. The first-order chi connectivity index (χ1) is 8.01. The number of aromatic nitrogens is 2. The van der Waals surface area contributed by atoms with Crippen molar-refractivity contribution >= 4 is 23.5 Å². The lowest BCUT2D eigenvalue weighted by Crippen LogP contribution is -2.23. The Hall–Kier alpha value is -2.18. The molecule has 1 rings (SSSR count). The summed E-state index contributed by atoms with van der Waals surface area (Å²) >= 11 is 0. The first-order valence-electron chi connectivity index (χ1n) is 5.15. The van der Waals surface area contributed by atoms with Crippen molar-refractivity contribution in [2.24, 2.45) is 0 Å². The van der Waals surface area contributed by atoms with Crippen LogP contribution < -0.4 is 16.4 Å². The zero-order valence-electron chi connectivity index (χ0n) is 10.00. The number of hydrogen-bond donors (Lipinski definition) is 3. The Balaban J connectivity index is 3.19. The van der Waals surface area contributed by atoms with E-state index < -0.39 is 0 Å². The van der Waals surface area contributed by atoms with Crippen LogP contribution in [0.2, 0.25) is 0 Å². The second-order valence-electron chi connectivity index (χ2n) is 3.41. The summed E-state index contributed by atoms with van der Waals surface area (Å²) in [5.74, 6) is -0.266. The summed E-state index contributed by atoms with van der Waals surface area (Å²) in [6.07, 6.45) is 0.320. The maximum atomic E-state index is 11.6. The minimum Gasteiger partial charge on any atom is -0.382 e. The number of nitrogens with zero attached hydrogens (tertiary/aromatic N) is 2. The van der Waals surface area contributed by atoms with Crippen LogP contribution in [-0.2, 0) is 4.79 Å². The molecule has 1 aromatic rings. The fourth-order valence-corrected chi connectivity index (χ4v) is 1.29. The van der Waals surface area contributed by atoms with Crippen molar-refractivity contribution in [3.63, 3.8) is 0 Å². The lowest BCUT2D eigenvalue weighted by Gasteiger charge is -2.11. The smallest absolute Gasteiger partial charge is 0.255 e. The highest BCUT2D eigenvalue weighted by atomic mass is 16.2. The van der Waals surface area contributed by atoms with E-state index in [2.05, 4.69) is 20.8 Å². The molecule has 0 atom stereocenters. The fraction of sp³-hybridized carbons (Fsp3) is 0.400. The minimum absolute atomic E-state index is 0.0383. The van der Waals surface area contributed by atoms with Gasteiger partial charge < -0.3 is 16.4 Å². The summed E-state index contributed by atoms with van der Waals surface area (Å²) in [6.45, 7) is 3.37. The Morgan fingerprint density at radius 1 is 1.35 bits per heavy atom. The largest absolute Gasteiger partial charge is 0.382 e. The van der Waals surface area contributed by atoms with E-state index in [0.29, 0.717) is 12.0 Å². The number of nitrogens with two attached hydrogens (primary N) is 1. The molecule has 0 fully saturated rings. The first kappa shape index (κ1) is 12.9. The number of hydrogen-bond acceptors (Lipinski definition) is 5. The van der Waals surface area contributed by atoms with Crippen molar-refractivity contribution < 1.29 is 9.59 Å². The molecule has 0 aliphatic heterocycles. The molecule has 2 amide bonds. The summed E-state index contributed by atoms with van der Waals surface area (Å²) in [7, 11) is 1.49. The Morgan fingerprint density at radius 2 is 2.00 bits per heavy atom. The number of carbonyl (C=O) groups excluding carboxylic acids is 2. The molecule has 1 heterocycles. The monoisotopic (exact) mass is 237 g/mol. The zero-order valence-corrected chi connectivity index (χ0v) is 10.00. The zero-order chi connectivity index (χ0) is 13.0. The lowest BCUT2D eigenvalue weighted by atomic mass is 10.1. The molecule has 0 aliphatic rings. The SMILES string of the molecule is CCC(=O)Nc1nnc(N)c(C(=O)NC)c1C. The Kier molecular flexibility index (Phi) is 3.97. The van der Waals surface area contributed by atoms with Gasteiger partial charge in [0.25, 0.3) is 5.91 Å². The van der Waals surface area contributed by atoms with Gasteiger partial charge in [0.05, 0.1) is 5.56 Å². The van der Waals surface area contributed by atoms with Crippen molar-refractivity contribution in [3.05, 3.63) is 11.1 Å². The molecule has 0 aliphatic carbocycles. The van der Waals surface area contributed by atoms with Gasteiger partial charge in [-0.05, 0) is 6.92 Å². The van der Waals surface area contributed by atoms with Crippen LogP contribution in [0.1, 0.15) is 29.3 Å².